The number of nitrogens with one attached hydrogen (secondary N) is 1. The lowest BCUT2D eigenvalue weighted by molar-refractivity contribution is -0.143. The van der Waals surface area contributed by atoms with Crippen molar-refractivity contribution in [3.8, 4) is 0 Å². The van der Waals surface area contributed by atoms with Gasteiger partial charge in [-0.2, -0.15) is 13.2 Å². The van der Waals surface area contributed by atoms with Crippen LogP contribution in [0.1, 0.15) is 6.42 Å². The average molecular weight is 344 g/mol. The zero-order valence-corrected chi connectivity index (χ0v) is 12.6. The van der Waals surface area contributed by atoms with Crippen LogP contribution in [0, 0.1) is 5.92 Å². The lowest BCUT2D eigenvalue weighted by Crippen LogP contribution is -2.33. The van der Waals surface area contributed by atoms with Crippen LogP contribution in [0.3, 0.4) is 0 Å². The Kier molecular flexibility index (Phi) is 4.76. The van der Waals surface area contributed by atoms with E-state index in [4.69, 9.17) is 5.14 Å². The lowest BCUT2D eigenvalue weighted by Gasteiger charge is -2.17. The van der Waals surface area contributed by atoms with Gasteiger partial charge < -0.3 is 5.32 Å². The standard InChI is InChI=1S/C10H15F3N4O2S2/c11-10(12,13)6-17-2-1-7(5-17)3-15-9-16-4-8(20-9)21(14,18)19/h4,7H,1-3,5-6H2,(H,15,16)(H2,14,18,19)/t7-/m0/s1. The maximum absolute atomic E-state index is 12.3. The number of hydrogen-bond acceptors (Lipinski definition) is 6. The van der Waals surface area contributed by atoms with Crippen LogP contribution < -0.4 is 10.5 Å². The zero-order chi connectivity index (χ0) is 15.7. The van der Waals surface area contributed by atoms with Gasteiger partial charge in [-0.25, -0.2) is 18.5 Å². The van der Waals surface area contributed by atoms with E-state index in [1.807, 2.05) is 0 Å². The minimum Gasteiger partial charge on any atom is -0.361 e. The molecule has 0 bridgehead atoms. The number of anilines is 1. The van der Waals surface area contributed by atoms with E-state index in [9.17, 15) is 21.6 Å². The van der Waals surface area contributed by atoms with E-state index in [0.717, 1.165) is 17.5 Å². The third-order valence-electron chi connectivity index (χ3n) is 3.08. The number of rotatable bonds is 5. The number of primary sulfonamides is 1. The van der Waals surface area contributed by atoms with Crippen LogP contribution in [0.2, 0.25) is 0 Å². The van der Waals surface area contributed by atoms with Crippen molar-refractivity contribution in [3.63, 3.8) is 0 Å². The molecule has 11 heteroatoms. The highest BCUT2D eigenvalue weighted by Crippen LogP contribution is 2.25. The molecule has 1 saturated heterocycles. The summed E-state index contributed by atoms with van der Waals surface area (Å²) in [6, 6.07) is 0. The summed E-state index contributed by atoms with van der Waals surface area (Å²) in [6.45, 7) is 0.328. The Balaban J connectivity index is 1.81. The molecule has 0 spiro atoms. The molecule has 1 aromatic heterocycles. The third kappa shape index (κ3) is 5.09. The molecule has 0 saturated carbocycles. The quantitative estimate of drug-likeness (QED) is 0.835. The van der Waals surface area contributed by atoms with E-state index in [2.05, 4.69) is 10.3 Å². The molecule has 0 radical (unpaired) electrons. The first-order valence-corrected chi connectivity index (χ1v) is 8.51. The predicted molar refractivity (Wildman–Crippen MR) is 72.6 cm³/mol. The Labute approximate surface area is 124 Å². The van der Waals surface area contributed by atoms with Crippen molar-refractivity contribution in [1.82, 2.24) is 9.88 Å². The van der Waals surface area contributed by atoms with Crippen LogP contribution in [0.4, 0.5) is 18.3 Å². The second kappa shape index (κ2) is 6.07. The second-order valence-electron chi connectivity index (χ2n) is 4.92. The summed E-state index contributed by atoms with van der Waals surface area (Å²) in [7, 11) is -3.77. The van der Waals surface area contributed by atoms with Gasteiger partial charge in [0.15, 0.2) is 9.34 Å². The lowest BCUT2D eigenvalue weighted by atomic mass is 10.1. The van der Waals surface area contributed by atoms with Crippen molar-refractivity contribution >= 4 is 26.5 Å². The maximum atomic E-state index is 12.3. The fourth-order valence-electron chi connectivity index (χ4n) is 2.18. The third-order valence-corrected chi connectivity index (χ3v) is 5.44. The molecule has 1 aromatic rings. The summed E-state index contributed by atoms with van der Waals surface area (Å²) < 4.78 is 58.9. The average Bonchev–Trinajstić information content (AvgIpc) is 2.91. The van der Waals surface area contributed by atoms with E-state index in [-0.39, 0.29) is 10.1 Å². The number of hydrogen-bond donors (Lipinski definition) is 2. The molecular weight excluding hydrogens is 329 g/mol. The Morgan fingerprint density at radius 2 is 2.24 bits per heavy atom. The number of likely N-dealkylation sites (tertiary alicyclic amines) is 1. The van der Waals surface area contributed by atoms with Gasteiger partial charge in [0.05, 0.1) is 12.7 Å². The molecule has 120 valence electrons. The van der Waals surface area contributed by atoms with Gasteiger partial charge in [-0.15, -0.1) is 0 Å². The summed E-state index contributed by atoms with van der Waals surface area (Å²) in [5.41, 5.74) is 0. The van der Waals surface area contributed by atoms with Crippen molar-refractivity contribution in [2.45, 2.75) is 16.8 Å². The predicted octanol–water partition coefficient (Wildman–Crippen LogP) is 1.09. The van der Waals surface area contributed by atoms with Crippen LogP contribution in [0.15, 0.2) is 10.4 Å². The molecular formula is C10H15F3N4O2S2. The number of nitrogens with two attached hydrogens (primary N) is 1. The van der Waals surface area contributed by atoms with Gasteiger partial charge in [0.1, 0.15) is 0 Å². The molecule has 0 amide bonds. The van der Waals surface area contributed by atoms with Crippen LogP contribution in [-0.2, 0) is 10.0 Å². The first kappa shape index (κ1) is 16.5. The Bertz CT molecular complexity index is 587. The van der Waals surface area contributed by atoms with Gasteiger partial charge in [-0.3, -0.25) is 4.90 Å². The monoisotopic (exact) mass is 344 g/mol. The van der Waals surface area contributed by atoms with E-state index >= 15 is 0 Å². The minimum absolute atomic E-state index is 0.0462. The van der Waals surface area contributed by atoms with Gasteiger partial charge in [-0.05, 0) is 18.9 Å². The largest absolute Gasteiger partial charge is 0.401 e. The van der Waals surface area contributed by atoms with Crippen LogP contribution in [0.25, 0.3) is 0 Å². The van der Waals surface area contributed by atoms with Crippen LogP contribution in [-0.4, -0.2) is 50.7 Å². The zero-order valence-electron chi connectivity index (χ0n) is 10.9. The molecule has 6 nitrogen and oxygen atoms in total. The minimum atomic E-state index is -4.18. The van der Waals surface area contributed by atoms with Crippen molar-refractivity contribution in [1.29, 1.82) is 0 Å². The summed E-state index contributed by atoms with van der Waals surface area (Å²) in [5.74, 6) is 0.0779. The smallest absolute Gasteiger partial charge is 0.361 e. The fourth-order valence-corrected chi connectivity index (χ4v) is 3.64. The number of thiazole rings is 1. The number of nitrogens with zero attached hydrogens (tertiary/aromatic N) is 2. The first-order chi connectivity index (χ1) is 9.63. The van der Waals surface area contributed by atoms with Gasteiger partial charge >= 0.3 is 6.18 Å². The van der Waals surface area contributed by atoms with Gasteiger partial charge in [0.25, 0.3) is 0 Å². The number of halogens is 3. The molecule has 1 atom stereocenters. The van der Waals surface area contributed by atoms with E-state index in [1.54, 1.807) is 0 Å². The fraction of sp³-hybridized carbons (Fsp3) is 0.700. The number of aromatic nitrogens is 1. The van der Waals surface area contributed by atoms with Crippen molar-refractivity contribution in [2.75, 3.05) is 31.5 Å². The molecule has 21 heavy (non-hydrogen) atoms. The Hall–Kier alpha value is -0.910. The molecule has 3 N–H and O–H groups in total. The molecule has 0 unspecified atom stereocenters. The first-order valence-electron chi connectivity index (χ1n) is 6.15. The van der Waals surface area contributed by atoms with Crippen LogP contribution >= 0.6 is 11.3 Å². The van der Waals surface area contributed by atoms with E-state index in [1.165, 1.54) is 4.90 Å². The van der Waals surface area contributed by atoms with E-state index < -0.39 is 22.7 Å². The normalized spacial score (nSPS) is 20.9. The Morgan fingerprint density at radius 1 is 1.52 bits per heavy atom. The topological polar surface area (TPSA) is 88.3 Å². The number of alkyl halides is 3. The summed E-state index contributed by atoms with van der Waals surface area (Å²) >= 11 is 0.905. The molecule has 1 aliphatic heterocycles. The molecule has 1 aliphatic rings. The van der Waals surface area contributed by atoms with Gasteiger partial charge in [0.2, 0.25) is 10.0 Å². The molecule has 1 fully saturated rings. The van der Waals surface area contributed by atoms with Gasteiger partial charge in [0, 0.05) is 13.1 Å². The number of sulfonamides is 1. The summed E-state index contributed by atoms with van der Waals surface area (Å²) in [5, 5.41) is 8.31. The summed E-state index contributed by atoms with van der Waals surface area (Å²) in [4.78, 5) is 5.24. The molecule has 2 rings (SSSR count). The Morgan fingerprint density at radius 3 is 2.81 bits per heavy atom. The van der Waals surface area contributed by atoms with Crippen molar-refractivity contribution in [2.24, 2.45) is 11.1 Å². The van der Waals surface area contributed by atoms with Crippen LogP contribution in [0.5, 0.6) is 0 Å². The molecule has 0 aromatic carbocycles. The van der Waals surface area contributed by atoms with E-state index in [0.29, 0.717) is 31.2 Å². The highest BCUT2D eigenvalue weighted by molar-refractivity contribution is 7.91. The second-order valence-corrected chi connectivity index (χ2v) is 7.73. The highest BCUT2D eigenvalue weighted by Gasteiger charge is 2.34. The van der Waals surface area contributed by atoms with Gasteiger partial charge in [-0.1, -0.05) is 11.3 Å². The SMILES string of the molecule is NS(=O)(=O)c1cnc(NC[C@@H]2CCN(CC(F)(F)F)C2)s1. The highest BCUT2D eigenvalue weighted by atomic mass is 32.2. The summed E-state index contributed by atoms with van der Waals surface area (Å²) in [6.07, 6.45) is -2.36. The van der Waals surface area contributed by atoms with Crippen molar-refractivity contribution < 1.29 is 21.6 Å². The molecule has 0 aliphatic carbocycles. The van der Waals surface area contributed by atoms with Crippen molar-refractivity contribution in [3.05, 3.63) is 6.20 Å². The maximum Gasteiger partial charge on any atom is 0.401 e. The molecule has 2 heterocycles.